The molecule has 0 radical (unpaired) electrons. The van der Waals surface area contributed by atoms with E-state index in [-0.39, 0.29) is 30.3 Å². The van der Waals surface area contributed by atoms with Crippen LogP contribution in [0.4, 0.5) is 5.69 Å². The molecule has 1 aromatic heterocycles. The van der Waals surface area contributed by atoms with Crippen molar-refractivity contribution in [3.05, 3.63) is 71.9 Å². The molecule has 36 heavy (non-hydrogen) atoms. The van der Waals surface area contributed by atoms with Gasteiger partial charge in [-0.1, -0.05) is 32.0 Å². The van der Waals surface area contributed by atoms with Gasteiger partial charge in [0.1, 0.15) is 17.6 Å². The van der Waals surface area contributed by atoms with E-state index in [1.54, 1.807) is 44.2 Å². The monoisotopic (exact) mass is 508 g/mol. The minimum absolute atomic E-state index is 0.0702. The predicted octanol–water partition coefficient (Wildman–Crippen LogP) is 4.69. The quantitative estimate of drug-likeness (QED) is 0.474. The van der Waals surface area contributed by atoms with Gasteiger partial charge in [0.05, 0.1) is 29.4 Å². The topological polar surface area (TPSA) is 96.8 Å². The maximum Gasteiger partial charge on any atom is 0.264 e. The number of aliphatic hydroxyl groups excluding tert-OH is 1. The van der Waals surface area contributed by atoms with Gasteiger partial charge in [-0.3, -0.25) is 14.1 Å². The molecule has 4 rings (SSSR count). The number of rotatable bonds is 8. The third kappa shape index (κ3) is 5.29. The number of ketones is 1. The lowest BCUT2D eigenvalue weighted by molar-refractivity contribution is -0.129. The van der Waals surface area contributed by atoms with E-state index in [1.807, 2.05) is 44.2 Å². The number of fused-ring (bicyclic) bond motifs is 1. The molecule has 1 atom stereocenters. The standard InChI is InChI=1S/C28H32N2O5S/c1-19-7-5-9-23(15-19)36(33,34)30-17-22(12-14-27(32)28(3,4)18-31)35-26-13-11-21(16-25(26)30)24-10-6-8-20(2)29-24/h5-11,13,15-16,22,31H,12,14,17-18H2,1-4H3/t22-/m0/s1. The fourth-order valence-electron chi connectivity index (χ4n) is 4.17. The highest BCUT2D eigenvalue weighted by Gasteiger charge is 2.36. The third-order valence-corrected chi connectivity index (χ3v) is 8.27. The van der Waals surface area contributed by atoms with Gasteiger partial charge in [-0.05, 0) is 68.3 Å². The first kappa shape index (κ1) is 25.9. The van der Waals surface area contributed by atoms with Crippen LogP contribution < -0.4 is 9.04 Å². The van der Waals surface area contributed by atoms with E-state index >= 15 is 0 Å². The molecule has 3 aromatic rings. The number of carbonyl (C=O) groups is 1. The van der Waals surface area contributed by atoms with Gasteiger partial charge in [0, 0.05) is 23.1 Å². The molecule has 2 aromatic carbocycles. The van der Waals surface area contributed by atoms with Gasteiger partial charge >= 0.3 is 0 Å². The molecule has 0 aliphatic carbocycles. The normalized spacial score (nSPS) is 15.8. The van der Waals surface area contributed by atoms with E-state index in [1.165, 1.54) is 4.31 Å². The molecule has 0 saturated heterocycles. The van der Waals surface area contributed by atoms with Crippen LogP contribution in [0.2, 0.25) is 0 Å². The third-order valence-electron chi connectivity index (χ3n) is 6.50. The van der Waals surface area contributed by atoms with Crippen molar-refractivity contribution in [2.75, 3.05) is 17.5 Å². The lowest BCUT2D eigenvalue weighted by Gasteiger charge is -2.36. The van der Waals surface area contributed by atoms with Gasteiger partial charge in [0.15, 0.2) is 0 Å². The highest BCUT2D eigenvalue weighted by molar-refractivity contribution is 7.92. The Kier molecular flexibility index (Phi) is 7.20. The molecule has 1 aliphatic rings. The maximum absolute atomic E-state index is 13.8. The Morgan fingerprint density at radius 3 is 2.56 bits per heavy atom. The van der Waals surface area contributed by atoms with Crippen molar-refractivity contribution < 1.29 is 23.1 Å². The summed E-state index contributed by atoms with van der Waals surface area (Å²) in [7, 11) is -3.90. The first-order valence-electron chi connectivity index (χ1n) is 12.0. The number of carbonyl (C=O) groups excluding carboxylic acids is 1. The summed E-state index contributed by atoms with van der Waals surface area (Å²) in [5, 5.41) is 9.52. The van der Waals surface area contributed by atoms with Crippen molar-refractivity contribution in [1.82, 2.24) is 4.98 Å². The Balaban J connectivity index is 1.73. The zero-order valence-corrected chi connectivity index (χ0v) is 21.9. The summed E-state index contributed by atoms with van der Waals surface area (Å²) in [6.07, 6.45) is -0.00150. The molecule has 0 bridgehead atoms. The number of hydrogen-bond donors (Lipinski definition) is 1. The molecule has 0 amide bonds. The number of nitrogens with zero attached hydrogens (tertiary/aromatic N) is 2. The van der Waals surface area contributed by atoms with Crippen LogP contribution in [0, 0.1) is 19.3 Å². The van der Waals surface area contributed by atoms with Crippen molar-refractivity contribution in [3.8, 4) is 17.0 Å². The number of ether oxygens (including phenoxy) is 1. The lowest BCUT2D eigenvalue weighted by Crippen LogP contribution is -2.44. The first-order valence-corrected chi connectivity index (χ1v) is 13.4. The molecule has 0 saturated carbocycles. The second-order valence-electron chi connectivity index (χ2n) is 9.94. The Morgan fingerprint density at radius 2 is 1.86 bits per heavy atom. The van der Waals surface area contributed by atoms with Crippen LogP contribution in [-0.4, -0.2) is 43.5 Å². The van der Waals surface area contributed by atoms with Crippen LogP contribution in [0.15, 0.2) is 65.6 Å². The summed E-state index contributed by atoms with van der Waals surface area (Å²) < 4.78 is 35.3. The van der Waals surface area contributed by atoms with Crippen LogP contribution in [0.25, 0.3) is 11.3 Å². The number of hydrogen-bond acceptors (Lipinski definition) is 6. The Morgan fingerprint density at radius 1 is 1.11 bits per heavy atom. The molecular weight excluding hydrogens is 476 g/mol. The molecule has 0 fully saturated rings. The summed E-state index contributed by atoms with van der Waals surface area (Å²) in [5.74, 6) is 0.348. The van der Waals surface area contributed by atoms with E-state index in [4.69, 9.17) is 4.74 Å². The average molecular weight is 509 g/mol. The molecule has 0 unspecified atom stereocenters. The summed E-state index contributed by atoms with van der Waals surface area (Å²) in [6.45, 7) is 6.97. The average Bonchev–Trinajstić information content (AvgIpc) is 2.86. The number of Topliss-reactive ketones (excluding diaryl/α,β-unsaturated/α-hetero) is 1. The van der Waals surface area contributed by atoms with Gasteiger partial charge in [0.2, 0.25) is 0 Å². The largest absolute Gasteiger partial charge is 0.486 e. The zero-order chi connectivity index (χ0) is 26.1. The number of pyridine rings is 1. The fraction of sp³-hybridized carbons (Fsp3) is 0.357. The summed E-state index contributed by atoms with van der Waals surface area (Å²) >= 11 is 0. The van der Waals surface area contributed by atoms with Crippen LogP contribution in [-0.2, 0) is 14.8 Å². The minimum Gasteiger partial charge on any atom is -0.486 e. The number of aryl methyl sites for hydroxylation is 2. The van der Waals surface area contributed by atoms with Crippen LogP contribution in [0.3, 0.4) is 0 Å². The van der Waals surface area contributed by atoms with E-state index in [0.717, 1.165) is 22.5 Å². The molecule has 1 aliphatic heterocycles. The minimum atomic E-state index is -3.90. The lowest BCUT2D eigenvalue weighted by atomic mass is 9.86. The van der Waals surface area contributed by atoms with Crippen molar-refractivity contribution in [3.63, 3.8) is 0 Å². The number of sulfonamides is 1. The number of benzene rings is 2. The molecule has 2 heterocycles. The molecule has 7 nitrogen and oxygen atoms in total. The van der Waals surface area contributed by atoms with Gasteiger partial charge in [-0.2, -0.15) is 0 Å². The van der Waals surface area contributed by atoms with Crippen molar-refractivity contribution >= 4 is 21.5 Å². The van der Waals surface area contributed by atoms with E-state index in [2.05, 4.69) is 4.98 Å². The fourth-order valence-corrected chi connectivity index (χ4v) is 5.78. The first-order chi connectivity index (χ1) is 17.0. The van der Waals surface area contributed by atoms with Crippen molar-refractivity contribution in [1.29, 1.82) is 0 Å². The Hall–Kier alpha value is -3.23. The molecular formula is C28H32N2O5S. The number of aliphatic hydroxyl groups is 1. The van der Waals surface area contributed by atoms with Crippen LogP contribution in [0.5, 0.6) is 5.75 Å². The second kappa shape index (κ2) is 10.0. The zero-order valence-electron chi connectivity index (χ0n) is 21.1. The Bertz CT molecular complexity index is 1380. The number of aromatic nitrogens is 1. The van der Waals surface area contributed by atoms with Crippen LogP contribution >= 0.6 is 0 Å². The van der Waals surface area contributed by atoms with Crippen molar-refractivity contribution in [2.45, 2.75) is 51.5 Å². The molecule has 8 heteroatoms. The van der Waals surface area contributed by atoms with E-state index in [9.17, 15) is 18.3 Å². The summed E-state index contributed by atoms with van der Waals surface area (Å²) in [4.78, 5) is 17.4. The molecule has 1 N–H and O–H groups in total. The van der Waals surface area contributed by atoms with Crippen molar-refractivity contribution in [2.24, 2.45) is 5.41 Å². The predicted molar refractivity (Wildman–Crippen MR) is 140 cm³/mol. The summed E-state index contributed by atoms with van der Waals surface area (Å²) in [5.41, 5.74) is 2.82. The smallest absolute Gasteiger partial charge is 0.264 e. The highest BCUT2D eigenvalue weighted by atomic mass is 32.2. The van der Waals surface area contributed by atoms with E-state index in [0.29, 0.717) is 17.9 Å². The molecule has 0 spiro atoms. The highest BCUT2D eigenvalue weighted by Crippen LogP contribution is 2.40. The maximum atomic E-state index is 13.8. The van der Waals surface area contributed by atoms with E-state index < -0.39 is 21.5 Å². The second-order valence-corrected chi connectivity index (χ2v) is 11.8. The van der Waals surface area contributed by atoms with Gasteiger partial charge in [0.25, 0.3) is 10.0 Å². The number of anilines is 1. The SMILES string of the molecule is Cc1cccc(S(=O)(=O)N2C[C@H](CCC(=O)C(C)(C)CO)Oc3ccc(-c4cccc(C)n4)cc32)c1. The van der Waals surface area contributed by atoms with Gasteiger partial charge in [-0.15, -0.1) is 0 Å². The summed E-state index contributed by atoms with van der Waals surface area (Å²) in [6, 6.07) is 17.9. The molecule has 190 valence electrons. The Labute approximate surface area is 212 Å². The van der Waals surface area contributed by atoms with Gasteiger partial charge < -0.3 is 9.84 Å². The van der Waals surface area contributed by atoms with Crippen LogP contribution in [0.1, 0.15) is 37.9 Å². The van der Waals surface area contributed by atoms with Gasteiger partial charge in [-0.25, -0.2) is 8.42 Å².